The topological polar surface area (TPSA) is 171 Å². The molecular weight excluding hydrogens is 569 g/mol. The number of benzene rings is 2. The van der Waals surface area contributed by atoms with Crippen LogP contribution in [0, 0.1) is 34.8 Å². The van der Waals surface area contributed by atoms with Gasteiger partial charge in [-0.3, -0.25) is 10.0 Å². The number of amides is 1. The van der Waals surface area contributed by atoms with Crippen LogP contribution in [0.5, 0.6) is 11.5 Å². The van der Waals surface area contributed by atoms with Crippen molar-refractivity contribution in [3.05, 3.63) is 53.8 Å². The molecule has 0 aliphatic carbocycles. The number of primary amides is 1. The van der Waals surface area contributed by atoms with E-state index in [9.17, 15) is 31.6 Å². The molecule has 1 aliphatic rings. The number of sulfonamides is 1. The number of nitrogens with zero attached hydrogens (tertiary/aromatic N) is 4. The fraction of sp³-hybridized carbons (Fsp3) is 0.400. The molecular formula is C25H29F3N6O6S. The molecule has 0 aromatic heterocycles. The Hall–Kier alpha value is -3.91. The van der Waals surface area contributed by atoms with E-state index in [1.807, 2.05) is 4.90 Å². The second-order valence-corrected chi connectivity index (χ2v) is 10.9. The van der Waals surface area contributed by atoms with Gasteiger partial charge in [-0.2, -0.15) is 5.26 Å². The predicted molar refractivity (Wildman–Crippen MR) is 138 cm³/mol. The molecule has 16 heteroatoms. The normalized spacial score (nSPS) is 15.4. The van der Waals surface area contributed by atoms with Gasteiger partial charge >= 0.3 is 0 Å². The van der Waals surface area contributed by atoms with Crippen LogP contribution in [-0.4, -0.2) is 74.3 Å². The van der Waals surface area contributed by atoms with E-state index < -0.39 is 50.1 Å². The molecule has 0 spiro atoms. The summed E-state index contributed by atoms with van der Waals surface area (Å²) < 4.78 is 78.4. The van der Waals surface area contributed by atoms with Gasteiger partial charge in [0, 0.05) is 26.7 Å². The number of carbonyl (C=O) groups is 1. The molecule has 1 heterocycles. The molecule has 1 fully saturated rings. The smallest absolute Gasteiger partial charge is 0.265 e. The predicted octanol–water partition coefficient (Wildman–Crippen LogP) is 2.31. The molecule has 4 N–H and O–H groups in total. The van der Waals surface area contributed by atoms with E-state index in [1.54, 1.807) is 6.19 Å². The van der Waals surface area contributed by atoms with Gasteiger partial charge in [0.2, 0.25) is 18.1 Å². The first kappa shape index (κ1) is 31.6. The molecule has 2 aromatic carbocycles. The maximum atomic E-state index is 14.7. The number of ether oxygens (including phenoxy) is 2. The highest BCUT2D eigenvalue weighted by atomic mass is 32.2. The highest BCUT2D eigenvalue weighted by molar-refractivity contribution is 7.89. The van der Waals surface area contributed by atoms with Crippen LogP contribution in [0.1, 0.15) is 19.3 Å². The molecule has 41 heavy (non-hydrogen) atoms. The van der Waals surface area contributed by atoms with Crippen LogP contribution < -0.4 is 15.8 Å². The van der Waals surface area contributed by atoms with E-state index >= 15 is 0 Å². The quantitative estimate of drug-likeness (QED) is 0.115. The van der Waals surface area contributed by atoms with E-state index in [-0.39, 0.29) is 22.6 Å². The Morgan fingerprint density at radius 2 is 1.85 bits per heavy atom. The third kappa shape index (κ3) is 8.07. The summed E-state index contributed by atoms with van der Waals surface area (Å²) >= 11 is 0. The lowest BCUT2D eigenvalue weighted by Crippen LogP contribution is -2.49. The Labute approximate surface area is 234 Å². The average molecular weight is 599 g/mol. The van der Waals surface area contributed by atoms with E-state index in [4.69, 9.17) is 20.5 Å². The summed E-state index contributed by atoms with van der Waals surface area (Å²) in [5, 5.41) is 22.5. The minimum absolute atomic E-state index is 0.111. The van der Waals surface area contributed by atoms with Crippen molar-refractivity contribution < 1.29 is 41.1 Å². The first-order valence-corrected chi connectivity index (χ1v) is 13.8. The van der Waals surface area contributed by atoms with Crippen molar-refractivity contribution in [2.45, 2.75) is 30.2 Å². The number of carbonyl (C=O) groups excluding carboxylic acids is 1. The lowest BCUT2D eigenvalue weighted by molar-refractivity contribution is -0.132. The number of hydrogen-bond acceptors (Lipinski definition) is 8. The molecule has 1 amide bonds. The number of likely N-dealkylation sites (tertiary alicyclic amines) is 1. The van der Waals surface area contributed by atoms with Gasteiger partial charge in [0.1, 0.15) is 17.6 Å². The Kier molecular flexibility index (Phi) is 10.9. The highest BCUT2D eigenvalue weighted by Crippen LogP contribution is 2.32. The number of piperidine rings is 1. The maximum Gasteiger partial charge on any atom is 0.265 e. The maximum absolute atomic E-state index is 14.7. The summed E-state index contributed by atoms with van der Waals surface area (Å²) in [5.41, 5.74) is 5.41. The molecule has 3 rings (SSSR count). The van der Waals surface area contributed by atoms with Gasteiger partial charge in [-0.05, 0) is 61.6 Å². The Morgan fingerprint density at radius 3 is 2.39 bits per heavy atom. The third-order valence-electron chi connectivity index (χ3n) is 6.36. The van der Waals surface area contributed by atoms with Crippen LogP contribution in [0.2, 0.25) is 0 Å². The highest BCUT2D eigenvalue weighted by Gasteiger charge is 2.37. The van der Waals surface area contributed by atoms with E-state index in [0.717, 1.165) is 24.3 Å². The van der Waals surface area contributed by atoms with E-state index in [0.29, 0.717) is 57.2 Å². The third-order valence-corrected chi connectivity index (χ3v) is 7.94. The van der Waals surface area contributed by atoms with Crippen molar-refractivity contribution in [2.75, 3.05) is 33.4 Å². The Bertz CT molecular complexity index is 1370. The van der Waals surface area contributed by atoms with Crippen molar-refractivity contribution in [1.82, 2.24) is 14.7 Å². The van der Waals surface area contributed by atoms with Gasteiger partial charge in [0.25, 0.3) is 10.0 Å². The number of hydrogen-bond donors (Lipinski definition) is 3. The molecule has 0 radical (unpaired) electrons. The second kappa shape index (κ2) is 14.1. The number of guanidine groups is 1. The molecule has 0 bridgehead atoms. The standard InChI is InChI=1S/C25H29F3N6O6S/c1-39-11-8-31-25(32-15-29)33-9-6-16(7-10-33)12-22(24(30)35)34(36)41(37,38)19-13-20(27)23(21(28)14-19)40-18-4-2-17(26)3-5-18/h2-5,13-14,16,22,36H,6-12H2,1H3,(H2,30,35)(H,31,32)/t22-/m0/s1. The molecule has 2 aromatic rings. The van der Waals surface area contributed by atoms with Crippen LogP contribution in [-0.2, 0) is 19.6 Å². The van der Waals surface area contributed by atoms with Crippen molar-refractivity contribution in [3.63, 3.8) is 0 Å². The average Bonchev–Trinajstić information content (AvgIpc) is 2.94. The van der Waals surface area contributed by atoms with Crippen LogP contribution in [0.4, 0.5) is 13.2 Å². The van der Waals surface area contributed by atoms with Crippen molar-refractivity contribution in [1.29, 1.82) is 5.26 Å². The number of nitrogens with two attached hydrogens (primary N) is 1. The van der Waals surface area contributed by atoms with Crippen LogP contribution in [0.25, 0.3) is 0 Å². The molecule has 0 unspecified atom stereocenters. The van der Waals surface area contributed by atoms with Gasteiger partial charge in [-0.25, -0.2) is 21.6 Å². The second-order valence-electron chi connectivity index (χ2n) is 9.09. The van der Waals surface area contributed by atoms with Gasteiger partial charge < -0.3 is 25.4 Å². The molecule has 0 saturated carbocycles. The summed E-state index contributed by atoms with van der Waals surface area (Å²) in [7, 11) is -3.47. The first-order chi connectivity index (χ1) is 19.5. The molecule has 1 atom stereocenters. The van der Waals surface area contributed by atoms with Crippen molar-refractivity contribution >= 4 is 21.9 Å². The summed E-state index contributed by atoms with van der Waals surface area (Å²) in [6.45, 7) is 1.61. The molecule has 1 saturated heterocycles. The Balaban J connectivity index is 1.72. The lowest BCUT2D eigenvalue weighted by atomic mass is 9.90. The van der Waals surface area contributed by atoms with E-state index in [2.05, 4.69) is 10.3 Å². The number of hydroxylamine groups is 1. The zero-order valence-electron chi connectivity index (χ0n) is 22.0. The first-order valence-electron chi connectivity index (χ1n) is 12.4. The van der Waals surface area contributed by atoms with Gasteiger partial charge in [-0.15, -0.1) is 4.99 Å². The zero-order chi connectivity index (χ0) is 30.2. The van der Waals surface area contributed by atoms with E-state index in [1.165, 1.54) is 7.11 Å². The van der Waals surface area contributed by atoms with Crippen molar-refractivity contribution in [3.8, 4) is 17.7 Å². The number of methoxy groups -OCH3 is 1. The Morgan fingerprint density at radius 1 is 1.24 bits per heavy atom. The van der Waals surface area contributed by atoms with Crippen LogP contribution in [0.15, 0.2) is 46.3 Å². The van der Waals surface area contributed by atoms with Crippen LogP contribution >= 0.6 is 0 Å². The lowest BCUT2D eigenvalue weighted by Gasteiger charge is -2.35. The van der Waals surface area contributed by atoms with Gasteiger partial charge in [0.15, 0.2) is 17.4 Å². The zero-order valence-corrected chi connectivity index (χ0v) is 22.8. The monoisotopic (exact) mass is 598 g/mol. The van der Waals surface area contributed by atoms with Crippen molar-refractivity contribution in [2.24, 2.45) is 16.6 Å². The minimum atomic E-state index is -5.00. The number of nitrogens with one attached hydrogen (secondary N) is 1. The number of rotatable bonds is 11. The SMILES string of the molecule is COCCNC(=NC#N)N1CCC(C[C@@H](C(N)=O)N(O)S(=O)(=O)c2cc(F)c(Oc3ccc(F)cc3)c(F)c2)CC1. The summed E-state index contributed by atoms with van der Waals surface area (Å²) in [4.78, 5) is 16.8. The fourth-order valence-corrected chi connectivity index (χ4v) is 5.47. The number of halogens is 3. The van der Waals surface area contributed by atoms with Gasteiger partial charge in [0.05, 0.1) is 11.5 Å². The van der Waals surface area contributed by atoms with Crippen LogP contribution in [0.3, 0.4) is 0 Å². The number of nitriles is 1. The summed E-state index contributed by atoms with van der Waals surface area (Å²) in [5.74, 6) is -5.59. The largest absolute Gasteiger partial charge is 0.451 e. The molecule has 12 nitrogen and oxygen atoms in total. The van der Waals surface area contributed by atoms with Gasteiger partial charge in [-0.1, -0.05) is 4.47 Å². The number of aliphatic imine (C=N–C) groups is 1. The molecule has 1 aliphatic heterocycles. The minimum Gasteiger partial charge on any atom is -0.451 e. The molecule has 222 valence electrons. The fourth-order valence-electron chi connectivity index (χ4n) is 4.22. The summed E-state index contributed by atoms with van der Waals surface area (Å²) in [6, 6.07) is 3.34. The summed E-state index contributed by atoms with van der Waals surface area (Å²) in [6.07, 6.45) is 2.43.